The highest BCUT2D eigenvalue weighted by Gasteiger charge is 2.10. The van der Waals surface area contributed by atoms with E-state index in [1.54, 1.807) is 6.20 Å². The van der Waals surface area contributed by atoms with Crippen molar-refractivity contribution in [2.45, 2.75) is 18.4 Å². The summed E-state index contributed by atoms with van der Waals surface area (Å²) < 4.78 is 0. The summed E-state index contributed by atoms with van der Waals surface area (Å²) in [6.07, 6.45) is 3.51. The molecule has 5 nitrogen and oxygen atoms in total. The first kappa shape index (κ1) is 14.3. The van der Waals surface area contributed by atoms with Gasteiger partial charge in [0.2, 0.25) is 5.91 Å². The molecule has 6 heteroatoms. The molecule has 0 aliphatic carbocycles. The van der Waals surface area contributed by atoms with Crippen molar-refractivity contribution in [3.63, 3.8) is 0 Å². The van der Waals surface area contributed by atoms with Crippen molar-refractivity contribution < 1.29 is 4.79 Å². The molecule has 2 rings (SSSR count). The Morgan fingerprint density at radius 2 is 2.25 bits per heavy atom. The lowest BCUT2D eigenvalue weighted by Gasteiger charge is -2.10. The van der Waals surface area contributed by atoms with E-state index in [2.05, 4.69) is 15.3 Å². The lowest BCUT2D eigenvalue weighted by Crippen LogP contribution is -2.22. The van der Waals surface area contributed by atoms with E-state index in [1.165, 1.54) is 24.8 Å². The van der Waals surface area contributed by atoms with E-state index in [-0.39, 0.29) is 11.3 Å². The number of aromatic amines is 1. The van der Waals surface area contributed by atoms with E-state index >= 15 is 0 Å². The van der Waals surface area contributed by atoms with Crippen LogP contribution in [0.3, 0.4) is 0 Å². The lowest BCUT2D eigenvalue weighted by molar-refractivity contribution is -0.119. The van der Waals surface area contributed by atoms with Gasteiger partial charge in [-0.2, -0.15) is 0 Å². The largest absolute Gasteiger partial charge is 0.355 e. The number of amides is 1. The van der Waals surface area contributed by atoms with Crippen LogP contribution >= 0.6 is 11.8 Å². The quantitative estimate of drug-likeness (QED) is 0.842. The van der Waals surface area contributed by atoms with E-state index in [1.807, 2.05) is 24.5 Å². The molecule has 0 saturated heterocycles. The third-order valence-corrected chi connectivity index (χ3v) is 3.57. The van der Waals surface area contributed by atoms with E-state index in [9.17, 15) is 9.59 Å². The van der Waals surface area contributed by atoms with Crippen LogP contribution in [0.2, 0.25) is 0 Å². The number of nitrogens with one attached hydrogen (secondary N) is 2. The Hall–Kier alpha value is -2.08. The number of hydrogen-bond donors (Lipinski definition) is 2. The molecule has 1 amide bonds. The van der Waals surface area contributed by atoms with Crippen LogP contribution in [0.25, 0.3) is 11.4 Å². The van der Waals surface area contributed by atoms with Crippen LogP contribution in [0.1, 0.15) is 12.6 Å². The minimum atomic E-state index is -0.138. The Morgan fingerprint density at radius 3 is 2.85 bits per heavy atom. The Balaban J connectivity index is 2.46. The molecule has 0 fully saturated rings. The van der Waals surface area contributed by atoms with Crippen LogP contribution < -0.4 is 10.7 Å². The van der Waals surface area contributed by atoms with E-state index in [4.69, 9.17) is 0 Å². The van der Waals surface area contributed by atoms with Crippen molar-refractivity contribution in [1.82, 2.24) is 15.3 Å². The van der Waals surface area contributed by atoms with Crippen molar-refractivity contribution in [3.05, 3.63) is 46.4 Å². The molecule has 0 atom stereocenters. The van der Waals surface area contributed by atoms with Crippen LogP contribution in [0, 0.1) is 0 Å². The maximum absolute atomic E-state index is 12.1. The van der Waals surface area contributed by atoms with Crippen LogP contribution in [0.15, 0.2) is 40.2 Å². The van der Waals surface area contributed by atoms with Gasteiger partial charge in [-0.3, -0.25) is 14.6 Å². The predicted molar refractivity (Wildman–Crippen MR) is 79.6 cm³/mol. The fraction of sp³-hybridized carbons (Fsp3) is 0.214. The van der Waals surface area contributed by atoms with Gasteiger partial charge in [0, 0.05) is 19.2 Å². The summed E-state index contributed by atoms with van der Waals surface area (Å²) in [7, 11) is 0. The van der Waals surface area contributed by atoms with Gasteiger partial charge in [0.25, 0.3) is 0 Å². The molecule has 2 aromatic rings. The van der Waals surface area contributed by atoms with Gasteiger partial charge in [-0.1, -0.05) is 6.07 Å². The first-order valence-electron chi connectivity index (χ1n) is 6.08. The van der Waals surface area contributed by atoms with E-state index in [0.29, 0.717) is 28.5 Å². The van der Waals surface area contributed by atoms with Crippen LogP contribution in [0.5, 0.6) is 0 Å². The minimum Gasteiger partial charge on any atom is -0.355 e. The molecule has 2 aromatic heterocycles. The number of carbonyl (C=O) groups excluding carboxylic acids is 1. The third-order valence-electron chi connectivity index (χ3n) is 2.72. The maximum Gasteiger partial charge on any atom is 0.217 e. The summed E-state index contributed by atoms with van der Waals surface area (Å²) in [5.41, 5.74) is 1.97. The first-order chi connectivity index (χ1) is 9.61. The van der Waals surface area contributed by atoms with Crippen molar-refractivity contribution in [2.24, 2.45) is 0 Å². The van der Waals surface area contributed by atoms with Gasteiger partial charge in [0.1, 0.15) is 0 Å². The average Bonchev–Trinajstić information content (AvgIpc) is 2.45. The number of pyridine rings is 2. The van der Waals surface area contributed by atoms with Crippen molar-refractivity contribution >= 4 is 17.7 Å². The van der Waals surface area contributed by atoms with Crippen molar-refractivity contribution in [3.8, 4) is 11.4 Å². The van der Waals surface area contributed by atoms with Crippen molar-refractivity contribution in [1.29, 1.82) is 0 Å². The number of carbonyl (C=O) groups is 1. The Bertz CT molecular complexity index is 668. The Morgan fingerprint density at radius 1 is 1.45 bits per heavy atom. The fourth-order valence-electron chi connectivity index (χ4n) is 1.82. The molecular formula is C14H15N3O2S. The van der Waals surface area contributed by atoms with Gasteiger partial charge in [0.15, 0.2) is 5.43 Å². The van der Waals surface area contributed by atoms with Crippen molar-refractivity contribution in [2.75, 3.05) is 6.26 Å². The van der Waals surface area contributed by atoms with Crippen LogP contribution in [-0.2, 0) is 11.3 Å². The highest BCUT2D eigenvalue weighted by Crippen LogP contribution is 2.19. The molecule has 0 unspecified atom stereocenters. The second-order valence-electron chi connectivity index (χ2n) is 4.18. The van der Waals surface area contributed by atoms with Gasteiger partial charge in [0.05, 0.1) is 28.5 Å². The second kappa shape index (κ2) is 6.38. The smallest absolute Gasteiger partial charge is 0.217 e. The molecule has 0 aromatic carbocycles. The summed E-state index contributed by atoms with van der Waals surface area (Å²) in [6, 6.07) is 7.03. The summed E-state index contributed by atoms with van der Waals surface area (Å²) in [4.78, 5) is 31.2. The highest BCUT2D eigenvalue weighted by molar-refractivity contribution is 7.98. The lowest BCUT2D eigenvalue weighted by atomic mass is 10.2. The average molecular weight is 289 g/mol. The standard InChI is InChI=1S/C14H15N3O2S/c1-9(18)16-8-12-14(20-2)13(19)7-11(17-12)10-5-3-4-6-15-10/h3-7H,8H2,1-2H3,(H,16,18)(H,17,19). The molecule has 0 aliphatic heterocycles. The first-order valence-corrected chi connectivity index (χ1v) is 7.30. The summed E-state index contributed by atoms with van der Waals surface area (Å²) in [5, 5.41) is 2.70. The molecule has 104 valence electrons. The summed E-state index contributed by atoms with van der Waals surface area (Å²) in [5.74, 6) is -0.138. The molecule has 0 bridgehead atoms. The van der Waals surface area contributed by atoms with Gasteiger partial charge >= 0.3 is 0 Å². The summed E-state index contributed by atoms with van der Waals surface area (Å²) in [6.45, 7) is 1.74. The zero-order valence-electron chi connectivity index (χ0n) is 11.3. The molecule has 0 aliphatic rings. The number of thioether (sulfide) groups is 1. The SMILES string of the molecule is CSc1c(CNC(C)=O)[nH]c(-c2ccccn2)cc1=O. The molecule has 2 N–H and O–H groups in total. The molecule has 20 heavy (non-hydrogen) atoms. The third kappa shape index (κ3) is 3.27. The molecule has 0 saturated carbocycles. The minimum absolute atomic E-state index is 0.0720. The Kier molecular flexibility index (Phi) is 4.57. The maximum atomic E-state index is 12.1. The number of rotatable bonds is 4. The van der Waals surface area contributed by atoms with Crippen LogP contribution in [0.4, 0.5) is 0 Å². The summed E-state index contributed by atoms with van der Waals surface area (Å²) >= 11 is 1.36. The molecular weight excluding hydrogens is 274 g/mol. The zero-order valence-corrected chi connectivity index (χ0v) is 12.1. The van der Waals surface area contributed by atoms with E-state index in [0.717, 1.165) is 0 Å². The Labute approximate surface area is 120 Å². The topological polar surface area (TPSA) is 74.8 Å². The predicted octanol–water partition coefficient (Wildman–Crippen LogP) is 1.79. The van der Waals surface area contributed by atoms with Gasteiger partial charge in [-0.15, -0.1) is 11.8 Å². The zero-order chi connectivity index (χ0) is 14.5. The number of hydrogen-bond acceptors (Lipinski definition) is 4. The van der Waals surface area contributed by atoms with Crippen LogP contribution in [-0.4, -0.2) is 22.1 Å². The van der Waals surface area contributed by atoms with Gasteiger partial charge in [-0.25, -0.2) is 0 Å². The van der Waals surface area contributed by atoms with E-state index < -0.39 is 0 Å². The van der Waals surface area contributed by atoms with Gasteiger partial charge in [-0.05, 0) is 18.4 Å². The molecule has 2 heterocycles. The normalized spacial score (nSPS) is 10.3. The number of H-pyrrole nitrogens is 1. The molecule has 0 spiro atoms. The monoisotopic (exact) mass is 289 g/mol. The number of aromatic nitrogens is 2. The fourth-order valence-corrected chi connectivity index (χ4v) is 2.45. The molecule has 0 radical (unpaired) electrons. The number of nitrogens with zero attached hydrogens (tertiary/aromatic N) is 1. The second-order valence-corrected chi connectivity index (χ2v) is 5.00. The highest BCUT2D eigenvalue weighted by atomic mass is 32.2. The van der Waals surface area contributed by atoms with Gasteiger partial charge < -0.3 is 10.3 Å².